The van der Waals surface area contributed by atoms with Crippen LogP contribution in [0.1, 0.15) is 52.1 Å². The molecule has 3 aromatic rings. The molecule has 2 aromatic heterocycles. The summed E-state index contributed by atoms with van der Waals surface area (Å²) in [6.45, 7) is 3.27. The Kier molecular flexibility index (Phi) is 5.05. The molecule has 1 fully saturated rings. The quantitative estimate of drug-likeness (QED) is 0.643. The van der Waals surface area contributed by atoms with Crippen molar-refractivity contribution in [2.75, 3.05) is 7.05 Å². The third kappa shape index (κ3) is 3.55. The third-order valence-corrected chi connectivity index (χ3v) is 5.42. The summed E-state index contributed by atoms with van der Waals surface area (Å²) in [6.07, 6.45) is 1.58. The van der Waals surface area contributed by atoms with Crippen molar-refractivity contribution in [3.63, 3.8) is 0 Å². The summed E-state index contributed by atoms with van der Waals surface area (Å²) in [4.78, 5) is 22.1. The van der Waals surface area contributed by atoms with Crippen molar-refractivity contribution < 1.29 is 18.0 Å². The van der Waals surface area contributed by atoms with Crippen molar-refractivity contribution >= 4 is 17.8 Å². The lowest BCUT2D eigenvalue weighted by Crippen LogP contribution is -2.42. The van der Waals surface area contributed by atoms with Gasteiger partial charge in [-0.15, -0.1) is 0 Å². The van der Waals surface area contributed by atoms with Gasteiger partial charge in [0.15, 0.2) is 0 Å². The molecule has 0 unspecified atom stereocenters. The van der Waals surface area contributed by atoms with E-state index in [0.717, 1.165) is 5.57 Å². The van der Waals surface area contributed by atoms with E-state index in [4.69, 9.17) is 0 Å². The second-order valence-electron chi connectivity index (χ2n) is 7.58. The van der Waals surface area contributed by atoms with Crippen LogP contribution in [0.4, 0.5) is 13.2 Å². The number of halogens is 3. The summed E-state index contributed by atoms with van der Waals surface area (Å²) in [5.74, 6) is -0.360. The molecule has 0 N–H and O–H groups in total. The van der Waals surface area contributed by atoms with Crippen molar-refractivity contribution in [3.05, 3.63) is 64.0 Å². The molecule has 1 saturated carbocycles. The lowest BCUT2D eigenvalue weighted by molar-refractivity contribution is 0.0699. The van der Waals surface area contributed by atoms with Crippen LogP contribution in [0.25, 0.3) is 11.9 Å². The largest absolute Gasteiger partial charge is 0.338 e. The van der Waals surface area contributed by atoms with Gasteiger partial charge in [-0.3, -0.25) is 4.79 Å². The number of alkyl halides is 2. The molecule has 2 heterocycles. The fourth-order valence-corrected chi connectivity index (χ4v) is 3.65. The monoisotopic (exact) mass is 415 g/mol. The van der Waals surface area contributed by atoms with Gasteiger partial charge in [-0.05, 0) is 62.1 Å². The highest BCUT2D eigenvalue weighted by Gasteiger charge is 2.31. The molecule has 1 aromatic carbocycles. The molecular weight excluding hydrogens is 395 g/mol. The van der Waals surface area contributed by atoms with E-state index in [2.05, 4.69) is 15.1 Å². The maximum atomic E-state index is 13.8. The van der Waals surface area contributed by atoms with Crippen LogP contribution < -0.4 is 0 Å². The summed E-state index contributed by atoms with van der Waals surface area (Å²) in [5, 5.41) is 4.03. The van der Waals surface area contributed by atoms with Gasteiger partial charge in [0.25, 0.3) is 18.1 Å². The van der Waals surface area contributed by atoms with E-state index >= 15 is 0 Å². The molecule has 0 aliphatic heterocycles. The Morgan fingerprint density at radius 3 is 2.53 bits per heavy atom. The SMILES string of the molecule is Cc1cc(C(=O)N(C)C2CC(=Cc3cc(C(F)F)nc4ncnn34)C2)cc(C)c1F. The number of fused-ring (bicyclic) bond motifs is 1. The number of carbonyl (C=O) groups excluding carboxylic acids is 1. The van der Waals surface area contributed by atoms with Crippen molar-refractivity contribution in [1.29, 1.82) is 0 Å². The van der Waals surface area contributed by atoms with Crippen LogP contribution in [0, 0.1) is 19.7 Å². The van der Waals surface area contributed by atoms with Crippen LogP contribution in [0.2, 0.25) is 0 Å². The number of aromatic nitrogens is 4. The summed E-state index contributed by atoms with van der Waals surface area (Å²) >= 11 is 0. The average Bonchev–Trinajstić information content (AvgIpc) is 3.15. The van der Waals surface area contributed by atoms with E-state index in [1.54, 1.807) is 44.0 Å². The van der Waals surface area contributed by atoms with E-state index in [0.29, 0.717) is 35.2 Å². The highest BCUT2D eigenvalue weighted by molar-refractivity contribution is 5.94. The van der Waals surface area contributed by atoms with Gasteiger partial charge in [0.1, 0.15) is 17.8 Å². The predicted octanol–water partition coefficient (Wildman–Crippen LogP) is 4.14. The molecule has 30 heavy (non-hydrogen) atoms. The molecule has 0 saturated heterocycles. The lowest BCUT2D eigenvalue weighted by Gasteiger charge is -2.37. The summed E-state index contributed by atoms with van der Waals surface area (Å²) in [5.41, 5.74) is 2.45. The minimum atomic E-state index is -2.70. The van der Waals surface area contributed by atoms with Gasteiger partial charge < -0.3 is 4.90 Å². The number of amides is 1. The maximum Gasteiger partial charge on any atom is 0.280 e. The zero-order chi connectivity index (χ0) is 21.6. The highest BCUT2D eigenvalue weighted by Crippen LogP contribution is 2.33. The molecule has 0 radical (unpaired) electrons. The average molecular weight is 415 g/mol. The van der Waals surface area contributed by atoms with Gasteiger partial charge in [0.05, 0.1) is 5.69 Å². The maximum absolute atomic E-state index is 13.8. The Labute approximate surface area is 171 Å². The first-order valence-electron chi connectivity index (χ1n) is 9.46. The number of hydrogen-bond acceptors (Lipinski definition) is 4. The topological polar surface area (TPSA) is 63.4 Å². The summed E-state index contributed by atoms with van der Waals surface area (Å²) < 4.78 is 41.5. The molecule has 156 valence electrons. The molecule has 0 spiro atoms. The first-order valence-corrected chi connectivity index (χ1v) is 9.46. The molecule has 9 heteroatoms. The first-order chi connectivity index (χ1) is 14.2. The van der Waals surface area contributed by atoms with Crippen molar-refractivity contribution in [3.8, 4) is 0 Å². The zero-order valence-electron chi connectivity index (χ0n) is 16.7. The number of nitrogens with zero attached hydrogens (tertiary/aromatic N) is 5. The molecule has 0 atom stereocenters. The lowest BCUT2D eigenvalue weighted by atomic mass is 9.84. The van der Waals surface area contributed by atoms with Gasteiger partial charge >= 0.3 is 0 Å². The molecular formula is C21H20F3N5O. The Morgan fingerprint density at radius 2 is 1.90 bits per heavy atom. The van der Waals surface area contributed by atoms with Gasteiger partial charge in [-0.25, -0.2) is 18.2 Å². The van der Waals surface area contributed by atoms with Gasteiger partial charge in [-0.2, -0.15) is 14.6 Å². The van der Waals surface area contributed by atoms with Gasteiger partial charge in [-0.1, -0.05) is 5.57 Å². The Hall–Kier alpha value is -3.23. The number of hydrogen-bond donors (Lipinski definition) is 0. The number of aryl methyl sites for hydroxylation is 2. The minimum Gasteiger partial charge on any atom is -0.338 e. The van der Waals surface area contributed by atoms with Crippen molar-refractivity contribution in [2.24, 2.45) is 0 Å². The standard InChI is InChI=1S/C21H20F3N5O/c1-11-4-14(5-12(2)18(11)22)20(30)28(3)15-6-13(7-15)8-16-9-17(19(23)24)27-21-25-10-26-29(16)21/h4-5,8-10,15,19H,6-7H2,1-3H3. The van der Waals surface area contributed by atoms with Crippen LogP contribution in [0.5, 0.6) is 0 Å². The normalized spacial score (nSPS) is 16.1. The summed E-state index contributed by atoms with van der Waals surface area (Å²) in [7, 11) is 1.72. The van der Waals surface area contributed by atoms with Gasteiger partial charge in [0.2, 0.25) is 0 Å². The van der Waals surface area contributed by atoms with E-state index in [9.17, 15) is 18.0 Å². The number of carbonyl (C=O) groups is 1. The van der Waals surface area contributed by atoms with Crippen molar-refractivity contribution in [1.82, 2.24) is 24.5 Å². The van der Waals surface area contributed by atoms with Crippen LogP contribution in [0.15, 0.2) is 30.1 Å². The van der Waals surface area contributed by atoms with Crippen LogP contribution >= 0.6 is 0 Å². The first kappa shape index (κ1) is 20.1. The van der Waals surface area contributed by atoms with E-state index in [1.165, 1.54) is 16.9 Å². The molecule has 6 nitrogen and oxygen atoms in total. The fraction of sp³-hybridized carbons (Fsp3) is 0.333. The molecule has 1 amide bonds. The predicted molar refractivity (Wildman–Crippen MR) is 105 cm³/mol. The Bertz CT molecular complexity index is 1140. The Balaban J connectivity index is 1.51. The number of rotatable bonds is 4. The zero-order valence-corrected chi connectivity index (χ0v) is 16.7. The van der Waals surface area contributed by atoms with Crippen LogP contribution in [-0.4, -0.2) is 43.5 Å². The van der Waals surface area contributed by atoms with E-state index in [-0.39, 0.29) is 29.2 Å². The van der Waals surface area contributed by atoms with Crippen LogP contribution in [0.3, 0.4) is 0 Å². The second-order valence-corrected chi connectivity index (χ2v) is 7.58. The van der Waals surface area contributed by atoms with Gasteiger partial charge in [0, 0.05) is 18.7 Å². The number of benzene rings is 1. The third-order valence-electron chi connectivity index (χ3n) is 5.42. The highest BCUT2D eigenvalue weighted by atomic mass is 19.3. The fourth-order valence-electron chi connectivity index (χ4n) is 3.65. The Morgan fingerprint density at radius 1 is 1.23 bits per heavy atom. The van der Waals surface area contributed by atoms with Crippen molar-refractivity contribution in [2.45, 2.75) is 39.2 Å². The van der Waals surface area contributed by atoms with E-state index < -0.39 is 6.43 Å². The van der Waals surface area contributed by atoms with Crippen LogP contribution in [-0.2, 0) is 0 Å². The molecule has 1 aliphatic rings. The summed E-state index contributed by atoms with van der Waals surface area (Å²) in [6, 6.07) is 4.39. The minimum absolute atomic E-state index is 0.0166. The molecule has 1 aliphatic carbocycles. The molecule has 4 rings (SSSR count). The smallest absolute Gasteiger partial charge is 0.280 e. The van der Waals surface area contributed by atoms with E-state index in [1.807, 2.05) is 0 Å². The second kappa shape index (κ2) is 7.55. The molecule has 0 bridgehead atoms.